The van der Waals surface area contributed by atoms with Crippen molar-refractivity contribution in [3.63, 3.8) is 0 Å². The minimum Gasteiger partial charge on any atom is -0.494 e. The Morgan fingerprint density at radius 1 is 1.00 bits per heavy atom. The molecule has 0 aliphatic carbocycles. The van der Waals surface area contributed by atoms with Gasteiger partial charge in [-0.2, -0.15) is 8.78 Å². The second kappa shape index (κ2) is 16.7. The quantitative estimate of drug-likeness (QED) is 0.170. The van der Waals surface area contributed by atoms with Crippen LogP contribution in [0, 0.1) is 5.92 Å². The van der Waals surface area contributed by atoms with E-state index in [0.717, 1.165) is 48.4 Å². The molecule has 1 heterocycles. The number of benzene rings is 3. The molecule has 3 aromatic rings. The molecule has 4 rings (SSSR count). The van der Waals surface area contributed by atoms with Crippen molar-refractivity contribution in [2.45, 2.75) is 51.5 Å². The fourth-order valence-electron chi connectivity index (χ4n) is 4.83. The Morgan fingerprint density at radius 3 is 2.40 bits per heavy atom. The zero-order chi connectivity index (χ0) is 32.2. The fourth-order valence-corrected chi connectivity index (χ4v) is 5.97. The van der Waals surface area contributed by atoms with E-state index in [9.17, 15) is 17.8 Å². The smallest absolute Gasteiger partial charge is 0.387 e. The third kappa shape index (κ3) is 9.88. The topological polar surface area (TPSA) is 67.9 Å². The van der Waals surface area contributed by atoms with Crippen molar-refractivity contribution in [1.82, 2.24) is 4.90 Å². The van der Waals surface area contributed by atoms with Gasteiger partial charge in [-0.3, -0.25) is 9.00 Å². The van der Waals surface area contributed by atoms with Gasteiger partial charge >= 0.3 is 6.61 Å². The van der Waals surface area contributed by atoms with Crippen LogP contribution in [-0.4, -0.2) is 40.5 Å². The number of rotatable bonds is 15. The van der Waals surface area contributed by atoms with Crippen molar-refractivity contribution in [3.8, 4) is 22.6 Å². The number of ether oxygens (including phenoxy) is 2. The lowest BCUT2D eigenvalue weighted by atomic mass is 10.0. The number of allylic oxidation sites excluding steroid dienone is 2. The van der Waals surface area contributed by atoms with Gasteiger partial charge < -0.3 is 19.7 Å². The maximum atomic E-state index is 13.2. The molecule has 0 aromatic heterocycles. The normalized spacial score (nSPS) is 15.3. The minimum absolute atomic E-state index is 0.0427. The van der Waals surface area contributed by atoms with Crippen LogP contribution in [0.2, 0.25) is 0 Å². The van der Waals surface area contributed by atoms with Crippen molar-refractivity contribution in [2.75, 3.05) is 24.2 Å². The number of alkyl halides is 2. The highest BCUT2D eigenvalue weighted by molar-refractivity contribution is 7.85. The van der Waals surface area contributed by atoms with E-state index in [2.05, 4.69) is 42.4 Å². The number of hydrogen-bond donors (Lipinski definition) is 1. The van der Waals surface area contributed by atoms with Crippen LogP contribution >= 0.6 is 0 Å². The second-order valence-electron chi connectivity index (χ2n) is 10.6. The van der Waals surface area contributed by atoms with Crippen LogP contribution in [0.25, 0.3) is 17.2 Å². The SMILES string of the molecule is CCCOc1ccc(-c2ccc(OC(F)F)c(/C=C/C(=O)Nc3ccc(S(=O)CC4=CC(CC)C=CN4CCC)cc3)c2)cc1. The summed E-state index contributed by atoms with van der Waals surface area (Å²) < 4.78 is 49.7. The average molecular weight is 635 g/mol. The van der Waals surface area contributed by atoms with Gasteiger partial charge in [0.15, 0.2) is 0 Å². The maximum Gasteiger partial charge on any atom is 0.387 e. The van der Waals surface area contributed by atoms with Gasteiger partial charge in [0, 0.05) is 40.7 Å². The lowest BCUT2D eigenvalue weighted by molar-refractivity contribution is -0.111. The van der Waals surface area contributed by atoms with E-state index in [1.165, 1.54) is 18.2 Å². The molecule has 0 saturated heterocycles. The van der Waals surface area contributed by atoms with E-state index in [-0.39, 0.29) is 5.75 Å². The number of carbonyl (C=O) groups is 1. The predicted molar refractivity (Wildman–Crippen MR) is 178 cm³/mol. The van der Waals surface area contributed by atoms with Crippen LogP contribution in [0.15, 0.2) is 102 Å². The third-order valence-corrected chi connectivity index (χ3v) is 8.54. The van der Waals surface area contributed by atoms with Crippen molar-refractivity contribution >= 4 is 28.5 Å². The van der Waals surface area contributed by atoms with Gasteiger partial charge in [0.1, 0.15) is 11.5 Å². The number of nitrogens with one attached hydrogen (secondary N) is 1. The number of anilines is 1. The largest absolute Gasteiger partial charge is 0.494 e. The monoisotopic (exact) mass is 634 g/mol. The predicted octanol–water partition coefficient (Wildman–Crippen LogP) is 8.65. The molecule has 6 nitrogen and oxygen atoms in total. The molecule has 2 atom stereocenters. The molecular formula is C36H40F2N2O4S. The molecule has 1 amide bonds. The Balaban J connectivity index is 1.42. The number of halogens is 2. The Labute approximate surface area is 266 Å². The highest BCUT2D eigenvalue weighted by Gasteiger charge is 2.17. The lowest BCUT2D eigenvalue weighted by Crippen LogP contribution is -2.25. The van der Waals surface area contributed by atoms with Crippen LogP contribution in [0.5, 0.6) is 11.5 Å². The van der Waals surface area contributed by atoms with E-state index in [1.807, 2.05) is 31.2 Å². The van der Waals surface area contributed by atoms with Crippen molar-refractivity contribution in [2.24, 2.45) is 5.92 Å². The van der Waals surface area contributed by atoms with Gasteiger partial charge in [0.2, 0.25) is 5.91 Å². The van der Waals surface area contributed by atoms with Gasteiger partial charge in [-0.1, -0.05) is 51.1 Å². The molecule has 0 saturated carbocycles. The molecule has 45 heavy (non-hydrogen) atoms. The van der Waals surface area contributed by atoms with Gasteiger partial charge in [0.05, 0.1) is 23.2 Å². The molecule has 0 fully saturated rings. The molecule has 1 N–H and O–H groups in total. The molecule has 1 aliphatic rings. The number of amides is 1. The molecule has 0 radical (unpaired) electrons. The average Bonchev–Trinajstić information content (AvgIpc) is 3.04. The molecule has 1 aliphatic heterocycles. The first-order chi connectivity index (χ1) is 21.8. The summed E-state index contributed by atoms with van der Waals surface area (Å²) in [7, 11) is -1.25. The Morgan fingerprint density at radius 2 is 1.73 bits per heavy atom. The summed E-state index contributed by atoms with van der Waals surface area (Å²) in [6.07, 6.45) is 12.1. The van der Waals surface area contributed by atoms with E-state index < -0.39 is 23.3 Å². The van der Waals surface area contributed by atoms with E-state index in [4.69, 9.17) is 9.47 Å². The summed E-state index contributed by atoms with van der Waals surface area (Å²) >= 11 is 0. The standard InChI is InChI=1S/C36H40F2N2O4S/c1-4-20-40-21-19-26(6-3)23-31(40)25-45(42)33-15-11-30(12-16-33)39-35(41)18-10-29-24-28(9-17-34(29)44-36(37)38)27-7-13-32(14-8-27)43-22-5-2/h7-19,21,23-24,26,36H,4-6,20,22,25H2,1-3H3,(H,39,41)/b18-10+. The molecule has 0 spiro atoms. The summed E-state index contributed by atoms with van der Waals surface area (Å²) in [5.41, 5.74) is 3.54. The Bertz CT molecular complexity index is 1540. The van der Waals surface area contributed by atoms with Crippen molar-refractivity contribution in [1.29, 1.82) is 0 Å². The third-order valence-electron chi connectivity index (χ3n) is 7.19. The van der Waals surface area contributed by atoms with Crippen molar-refractivity contribution < 1.29 is 27.3 Å². The second-order valence-corrected chi connectivity index (χ2v) is 12.1. The van der Waals surface area contributed by atoms with Gasteiger partial charge in [-0.15, -0.1) is 0 Å². The Hall–Kier alpha value is -4.24. The van der Waals surface area contributed by atoms with Crippen LogP contribution in [0.3, 0.4) is 0 Å². The van der Waals surface area contributed by atoms with Crippen LogP contribution < -0.4 is 14.8 Å². The van der Waals surface area contributed by atoms with Gasteiger partial charge in [0.25, 0.3) is 0 Å². The van der Waals surface area contributed by atoms with E-state index >= 15 is 0 Å². The molecule has 2 unspecified atom stereocenters. The summed E-state index contributed by atoms with van der Waals surface area (Å²) in [4.78, 5) is 15.6. The first-order valence-corrected chi connectivity index (χ1v) is 16.6. The zero-order valence-corrected chi connectivity index (χ0v) is 26.7. The summed E-state index contributed by atoms with van der Waals surface area (Å²) in [6, 6.07) is 19.2. The number of hydrogen-bond acceptors (Lipinski definition) is 5. The van der Waals surface area contributed by atoms with Crippen LogP contribution in [0.1, 0.15) is 45.6 Å². The molecule has 0 bridgehead atoms. The van der Waals surface area contributed by atoms with E-state index in [1.54, 1.807) is 36.4 Å². The fraction of sp³-hybridized carbons (Fsp3) is 0.306. The highest BCUT2D eigenvalue weighted by atomic mass is 32.2. The number of carbonyl (C=O) groups excluding carboxylic acids is 1. The molecule has 9 heteroatoms. The lowest BCUT2D eigenvalue weighted by Gasteiger charge is -2.28. The summed E-state index contributed by atoms with van der Waals surface area (Å²) in [6.45, 7) is 4.76. The highest BCUT2D eigenvalue weighted by Crippen LogP contribution is 2.30. The first kappa shape index (κ1) is 33.6. The zero-order valence-electron chi connectivity index (χ0n) is 25.9. The minimum atomic E-state index is -3.01. The summed E-state index contributed by atoms with van der Waals surface area (Å²) in [5, 5.41) is 2.77. The molecule has 238 valence electrons. The molecular weight excluding hydrogens is 594 g/mol. The van der Waals surface area contributed by atoms with E-state index in [0.29, 0.717) is 34.4 Å². The Kier molecular flexibility index (Phi) is 12.5. The summed E-state index contributed by atoms with van der Waals surface area (Å²) in [5.74, 6) is 1.01. The van der Waals surface area contributed by atoms with Crippen LogP contribution in [-0.2, 0) is 15.6 Å². The van der Waals surface area contributed by atoms with Gasteiger partial charge in [-0.25, -0.2) is 0 Å². The maximum absolute atomic E-state index is 13.2. The molecule has 3 aromatic carbocycles. The first-order valence-electron chi connectivity index (χ1n) is 15.2. The van der Waals surface area contributed by atoms with Gasteiger partial charge in [-0.05, 0) is 90.9 Å². The number of nitrogens with zero attached hydrogens (tertiary/aromatic N) is 1. The van der Waals surface area contributed by atoms with Crippen LogP contribution in [0.4, 0.5) is 14.5 Å². The van der Waals surface area contributed by atoms with Crippen molar-refractivity contribution in [3.05, 3.63) is 102 Å².